The molecule has 1 unspecified atom stereocenters. The lowest BCUT2D eigenvalue weighted by Gasteiger charge is -2.35. The third-order valence-corrected chi connectivity index (χ3v) is 9.41. The molecule has 4 atom stereocenters. The lowest BCUT2D eigenvalue weighted by molar-refractivity contribution is -0.913. The first kappa shape index (κ1) is 26.8. The molecule has 0 radical (unpaired) electrons. The quantitative estimate of drug-likeness (QED) is 0.368. The highest BCUT2D eigenvalue weighted by Crippen LogP contribution is 2.46. The Bertz CT molecular complexity index is 1160. The smallest absolute Gasteiger partial charge is 0.343 e. The van der Waals surface area contributed by atoms with E-state index in [2.05, 4.69) is 14.1 Å². The van der Waals surface area contributed by atoms with E-state index >= 15 is 0 Å². The van der Waals surface area contributed by atoms with Gasteiger partial charge in [0.1, 0.15) is 16.2 Å². The minimum absolute atomic E-state index is 0.0384. The Morgan fingerprint density at radius 3 is 2.11 bits per heavy atom. The van der Waals surface area contributed by atoms with E-state index in [1.807, 2.05) is 37.3 Å². The van der Waals surface area contributed by atoms with Crippen LogP contribution in [0.2, 0.25) is 0 Å². The third kappa shape index (κ3) is 5.23. The van der Waals surface area contributed by atoms with Crippen molar-refractivity contribution in [1.29, 1.82) is 0 Å². The molecule has 2 heterocycles. The van der Waals surface area contributed by atoms with Gasteiger partial charge in [-0.15, -0.1) is 0 Å². The van der Waals surface area contributed by atoms with Gasteiger partial charge < -0.3 is 18.9 Å². The number of ether oxygens (including phenoxy) is 1. The number of hydrogen-bond acceptors (Lipinski definition) is 6. The first-order chi connectivity index (χ1) is 16.9. The van der Waals surface area contributed by atoms with Crippen molar-refractivity contribution in [2.45, 2.75) is 80.6 Å². The number of aliphatic hydroxyl groups is 1. The lowest BCUT2D eigenvalue weighted by Crippen LogP contribution is -2.49. The number of esters is 1. The Balaban J connectivity index is 0.000000233. The van der Waals surface area contributed by atoms with Gasteiger partial charge in [-0.05, 0) is 37.5 Å². The molecule has 0 aromatic heterocycles. The number of quaternary nitrogens is 1. The highest BCUT2D eigenvalue weighted by molar-refractivity contribution is 7.85. The van der Waals surface area contributed by atoms with Gasteiger partial charge in [0.25, 0.3) is 0 Å². The molecule has 2 aromatic rings. The van der Waals surface area contributed by atoms with Crippen molar-refractivity contribution in [3.05, 3.63) is 65.7 Å². The number of carbonyl (C=O) groups is 1. The van der Waals surface area contributed by atoms with Gasteiger partial charge in [0.05, 0.1) is 25.0 Å². The highest BCUT2D eigenvalue weighted by atomic mass is 32.2. The Morgan fingerprint density at radius 1 is 1.00 bits per heavy atom. The Hall–Kier alpha value is -2.26. The molecule has 0 amide bonds. The summed E-state index contributed by atoms with van der Waals surface area (Å²) in [4.78, 5) is 13.0. The zero-order valence-electron chi connectivity index (χ0n) is 21.3. The average Bonchev–Trinajstić information content (AvgIpc) is 3.54. The molecular formula is C28H37NO6S. The molecule has 3 aliphatic rings. The van der Waals surface area contributed by atoms with E-state index < -0.39 is 21.7 Å². The van der Waals surface area contributed by atoms with Gasteiger partial charge in [0.15, 0.2) is 11.7 Å². The molecule has 36 heavy (non-hydrogen) atoms. The van der Waals surface area contributed by atoms with Crippen LogP contribution in [0.1, 0.15) is 56.1 Å². The molecule has 1 saturated carbocycles. The summed E-state index contributed by atoms with van der Waals surface area (Å²) in [5.41, 5.74) is 0.109. The SMILES string of the molecule is C[N+]1(C)C2CC[C@@H]1[C@@H](OC(=O)[C@@](O)(c1ccccc1)C1CCCC1)C2.Cc1ccc(S(=O)(=O)[O-])cc1. The zero-order valence-corrected chi connectivity index (χ0v) is 22.1. The van der Waals surface area contributed by atoms with Gasteiger partial charge in [-0.1, -0.05) is 60.9 Å². The maximum absolute atomic E-state index is 13.2. The number of carbonyl (C=O) groups excluding carboxylic acids is 1. The average molecular weight is 516 g/mol. The second-order valence-electron chi connectivity index (χ2n) is 11.0. The molecule has 196 valence electrons. The van der Waals surface area contributed by atoms with Crippen LogP contribution in [0.15, 0.2) is 59.5 Å². The predicted molar refractivity (Wildman–Crippen MR) is 135 cm³/mol. The van der Waals surface area contributed by atoms with Gasteiger partial charge in [-0.25, -0.2) is 13.2 Å². The number of fused-ring (bicyclic) bond motifs is 2. The van der Waals surface area contributed by atoms with E-state index in [9.17, 15) is 22.9 Å². The van der Waals surface area contributed by atoms with Crippen LogP contribution in [-0.4, -0.2) is 60.8 Å². The van der Waals surface area contributed by atoms with Crippen molar-refractivity contribution < 1.29 is 32.1 Å². The monoisotopic (exact) mass is 515 g/mol. The topological polar surface area (TPSA) is 104 Å². The predicted octanol–water partition coefficient (Wildman–Crippen LogP) is 3.89. The van der Waals surface area contributed by atoms with Crippen LogP contribution < -0.4 is 0 Å². The lowest BCUT2D eigenvalue weighted by atomic mass is 9.80. The van der Waals surface area contributed by atoms with Crippen LogP contribution in [-0.2, 0) is 25.3 Å². The summed E-state index contributed by atoms with van der Waals surface area (Å²) in [6, 6.07) is 16.2. The Kier molecular flexibility index (Phi) is 7.62. The Morgan fingerprint density at radius 2 is 1.61 bits per heavy atom. The van der Waals surface area contributed by atoms with Gasteiger partial charge in [-0.2, -0.15) is 0 Å². The van der Waals surface area contributed by atoms with Crippen LogP contribution in [0, 0.1) is 12.8 Å². The summed E-state index contributed by atoms with van der Waals surface area (Å²) in [5.74, 6) is -0.466. The molecule has 7 nitrogen and oxygen atoms in total. The summed E-state index contributed by atoms with van der Waals surface area (Å²) < 4.78 is 38.1. The number of likely N-dealkylation sites (N-methyl/N-ethyl adjacent to an activating group) is 1. The van der Waals surface area contributed by atoms with Crippen molar-refractivity contribution in [2.24, 2.45) is 5.92 Å². The molecule has 2 bridgehead atoms. The minimum Gasteiger partial charge on any atom is -0.744 e. The third-order valence-electron chi connectivity index (χ3n) is 8.56. The summed E-state index contributed by atoms with van der Waals surface area (Å²) in [6.07, 6.45) is 7.13. The number of benzene rings is 2. The van der Waals surface area contributed by atoms with Crippen LogP contribution in [0.5, 0.6) is 0 Å². The summed E-state index contributed by atoms with van der Waals surface area (Å²) in [7, 11) is 0.224. The van der Waals surface area contributed by atoms with E-state index in [0.29, 0.717) is 17.6 Å². The standard InChI is InChI=1S/C21H30NO3.C7H8O3S/c1-22(2)17-12-13-18(22)19(14-17)25-20(23)21(24,16-10-6-7-11-16)15-8-4-3-5-9-15;1-6-2-4-7(5-3-6)11(8,9)10/h3-5,8-9,16-19,24H,6-7,10-14H2,1-2H3;2-5H,1H3,(H,8,9,10)/q+1;/p-1/t17?,18-,19+,21-;/m1./s1. The van der Waals surface area contributed by atoms with Crippen molar-refractivity contribution in [1.82, 2.24) is 0 Å². The normalized spacial score (nSPS) is 26.6. The first-order valence-corrected chi connectivity index (χ1v) is 14.2. The summed E-state index contributed by atoms with van der Waals surface area (Å²) in [6.45, 7) is 1.82. The first-order valence-electron chi connectivity index (χ1n) is 12.8. The van der Waals surface area contributed by atoms with E-state index in [1.165, 1.54) is 18.6 Å². The molecule has 2 aliphatic heterocycles. The van der Waals surface area contributed by atoms with Gasteiger partial charge in [-0.3, -0.25) is 0 Å². The molecule has 8 heteroatoms. The second kappa shape index (κ2) is 10.2. The van der Waals surface area contributed by atoms with Gasteiger partial charge >= 0.3 is 5.97 Å². The molecule has 0 spiro atoms. The van der Waals surface area contributed by atoms with E-state index in [1.54, 1.807) is 12.1 Å². The number of nitrogens with zero attached hydrogens (tertiary/aromatic N) is 1. The van der Waals surface area contributed by atoms with Gasteiger partial charge in [0, 0.05) is 25.2 Å². The molecule has 2 saturated heterocycles. The van der Waals surface area contributed by atoms with Crippen molar-refractivity contribution in [3.63, 3.8) is 0 Å². The number of rotatable bonds is 5. The molecule has 2 aromatic carbocycles. The number of aryl methyl sites for hydroxylation is 1. The van der Waals surface area contributed by atoms with Crippen LogP contribution in [0.4, 0.5) is 0 Å². The molecule has 1 aliphatic carbocycles. The van der Waals surface area contributed by atoms with E-state index in [4.69, 9.17) is 4.74 Å². The maximum atomic E-state index is 13.2. The number of hydrogen-bond donors (Lipinski definition) is 1. The molecule has 1 N–H and O–H groups in total. The fourth-order valence-electron chi connectivity index (χ4n) is 6.34. The van der Waals surface area contributed by atoms with Crippen molar-refractivity contribution in [3.8, 4) is 0 Å². The Labute approximate surface area is 214 Å². The zero-order chi connectivity index (χ0) is 26.1. The highest BCUT2D eigenvalue weighted by Gasteiger charge is 2.58. The van der Waals surface area contributed by atoms with E-state index in [0.717, 1.165) is 48.6 Å². The summed E-state index contributed by atoms with van der Waals surface area (Å²) in [5, 5.41) is 11.5. The maximum Gasteiger partial charge on any atom is 0.343 e. The molecule has 5 rings (SSSR count). The molecule has 3 fully saturated rings. The fourth-order valence-corrected chi connectivity index (χ4v) is 6.81. The van der Waals surface area contributed by atoms with Crippen LogP contribution >= 0.6 is 0 Å². The minimum atomic E-state index is -4.27. The fraction of sp³-hybridized carbons (Fsp3) is 0.536. The van der Waals surface area contributed by atoms with Gasteiger partial charge in [0.2, 0.25) is 0 Å². The summed E-state index contributed by atoms with van der Waals surface area (Å²) >= 11 is 0. The second-order valence-corrected chi connectivity index (χ2v) is 12.4. The largest absolute Gasteiger partial charge is 0.744 e. The molecular weight excluding hydrogens is 478 g/mol. The van der Waals surface area contributed by atoms with E-state index in [-0.39, 0.29) is 16.9 Å². The van der Waals surface area contributed by atoms with Crippen molar-refractivity contribution >= 4 is 16.1 Å². The van der Waals surface area contributed by atoms with Crippen molar-refractivity contribution in [2.75, 3.05) is 14.1 Å². The van der Waals surface area contributed by atoms with Crippen LogP contribution in [0.3, 0.4) is 0 Å². The van der Waals surface area contributed by atoms with Crippen LogP contribution in [0.25, 0.3) is 0 Å².